The van der Waals surface area contributed by atoms with Gasteiger partial charge < -0.3 is 5.32 Å². The molecule has 0 saturated carbocycles. The highest BCUT2D eigenvalue weighted by Crippen LogP contribution is 2.39. The number of anilines is 1. The van der Waals surface area contributed by atoms with Crippen molar-refractivity contribution in [2.45, 2.75) is 52.4 Å². The van der Waals surface area contributed by atoms with Crippen LogP contribution in [0.5, 0.6) is 0 Å². The molecule has 0 spiro atoms. The zero-order valence-corrected chi connectivity index (χ0v) is 19.4. The Bertz CT molecular complexity index is 1360. The summed E-state index contributed by atoms with van der Waals surface area (Å²) < 4.78 is 2.76. The lowest BCUT2D eigenvalue weighted by atomic mass is 10.0. The summed E-state index contributed by atoms with van der Waals surface area (Å²) in [5.74, 6) is 0. The summed E-state index contributed by atoms with van der Waals surface area (Å²) in [4.78, 5) is 0. The van der Waals surface area contributed by atoms with Crippen LogP contribution in [0.3, 0.4) is 0 Å². The third-order valence-electron chi connectivity index (χ3n) is 6.40. The summed E-state index contributed by atoms with van der Waals surface area (Å²) in [7, 11) is 0. The number of benzene rings is 4. The van der Waals surface area contributed by atoms with Crippen molar-refractivity contribution < 1.29 is 0 Å². The Morgan fingerprint density at radius 1 is 0.645 bits per heavy atom. The highest BCUT2D eigenvalue weighted by molar-refractivity contribution is 7.26. The lowest BCUT2D eigenvalue weighted by Gasteiger charge is -2.08. The minimum atomic E-state index is 1.06. The van der Waals surface area contributed by atoms with Crippen LogP contribution in [0, 0.1) is 6.92 Å². The van der Waals surface area contributed by atoms with Gasteiger partial charge >= 0.3 is 0 Å². The number of hydrogen-bond acceptors (Lipinski definition) is 2. The Hall–Kier alpha value is -2.58. The molecule has 31 heavy (non-hydrogen) atoms. The van der Waals surface area contributed by atoms with Gasteiger partial charge in [-0.15, -0.1) is 11.3 Å². The third kappa shape index (κ3) is 4.27. The van der Waals surface area contributed by atoms with Crippen molar-refractivity contribution in [3.8, 4) is 0 Å². The Balaban J connectivity index is 1.40. The number of rotatable bonds is 8. The molecule has 0 amide bonds. The first-order valence-corrected chi connectivity index (χ1v) is 12.6. The molecule has 0 aliphatic rings. The van der Waals surface area contributed by atoms with Gasteiger partial charge in [-0.05, 0) is 71.3 Å². The van der Waals surface area contributed by atoms with E-state index in [9.17, 15) is 0 Å². The molecule has 0 bridgehead atoms. The molecule has 5 aromatic rings. The molecule has 5 rings (SSSR count). The van der Waals surface area contributed by atoms with Crippen molar-refractivity contribution in [3.63, 3.8) is 0 Å². The molecule has 2 heteroatoms. The number of fused-ring (bicyclic) bond motifs is 5. The number of aryl methyl sites for hydroxylation is 1. The first-order valence-electron chi connectivity index (χ1n) is 11.8. The normalized spacial score (nSPS) is 11.8. The summed E-state index contributed by atoms with van der Waals surface area (Å²) in [6.07, 6.45) is 8.03. The molecule has 0 atom stereocenters. The first-order chi connectivity index (χ1) is 15.2. The quantitative estimate of drug-likeness (QED) is 0.244. The van der Waals surface area contributed by atoms with Gasteiger partial charge in [-0.3, -0.25) is 0 Å². The SMILES string of the molecule is CCCCCCCCNc1ccc2cc3c(cc2c1)sc1cc2cc(C)ccc2cc13. The van der Waals surface area contributed by atoms with Crippen molar-refractivity contribution in [2.24, 2.45) is 0 Å². The average molecular weight is 426 g/mol. The van der Waals surface area contributed by atoms with E-state index in [0.29, 0.717) is 0 Å². The van der Waals surface area contributed by atoms with E-state index in [-0.39, 0.29) is 0 Å². The summed E-state index contributed by atoms with van der Waals surface area (Å²) >= 11 is 1.91. The van der Waals surface area contributed by atoms with Crippen molar-refractivity contribution in [2.75, 3.05) is 11.9 Å². The first kappa shape index (κ1) is 20.3. The van der Waals surface area contributed by atoms with Gasteiger partial charge in [0.2, 0.25) is 0 Å². The second-order valence-corrected chi connectivity index (χ2v) is 9.99. The molecule has 1 nitrogen and oxygen atoms in total. The van der Waals surface area contributed by atoms with Crippen molar-refractivity contribution >= 4 is 58.7 Å². The largest absolute Gasteiger partial charge is 0.385 e. The Morgan fingerprint density at radius 3 is 2.03 bits per heavy atom. The highest BCUT2D eigenvalue weighted by Gasteiger charge is 2.09. The number of unbranched alkanes of at least 4 members (excludes halogenated alkanes) is 5. The Morgan fingerprint density at radius 2 is 1.29 bits per heavy atom. The number of hydrogen-bond donors (Lipinski definition) is 1. The topological polar surface area (TPSA) is 12.0 Å². The maximum absolute atomic E-state index is 3.63. The fourth-order valence-electron chi connectivity index (χ4n) is 4.63. The van der Waals surface area contributed by atoms with Crippen LogP contribution >= 0.6 is 11.3 Å². The lowest BCUT2D eigenvalue weighted by molar-refractivity contribution is 0.617. The van der Waals surface area contributed by atoms with Gasteiger partial charge in [0, 0.05) is 32.4 Å². The van der Waals surface area contributed by atoms with Crippen LogP contribution in [0.15, 0.2) is 60.7 Å². The molecule has 0 aliphatic heterocycles. The van der Waals surface area contributed by atoms with Crippen LogP contribution in [-0.4, -0.2) is 6.54 Å². The van der Waals surface area contributed by atoms with Gasteiger partial charge in [-0.2, -0.15) is 0 Å². The van der Waals surface area contributed by atoms with E-state index in [2.05, 4.69) is 79.8 Å². The molecule has 0 fully saturated rings. The molecule has 1 heterocycles. The molecular weight excluding hydrogens is 394 g/mol. The maximum Gasteiger partial charge on any atom is 0.0361 e. The van der Waals surface area contributed by atoms with E-state index >= 15 is 0 Å². The summed E-state index contributed by atoms with van der Waals surface area (Å²) in [5, 5.41) is 11.7. The average Bonchev–Trinajstić information content (AvgIpc) is 3.11. The Kier molecular flexibility index (Phi) is 5.82. The van der Waals surface area contributed by atoms with Crippen molar-refractivity contribution in [1.82, 2.24) is 0 Å². The summed E-state index contributed by atoms with van der Waals surface area (Å²) in [5.41, 5.74) is 2.56. The molecule has 4 aromatic carbocycles. The highest BCUT2D eigenvalue weighted by atomic mass is 32.1. The lowest BCUT2D eigenvalue weighted by Crippen LogP contribution is -2.01. The van der Waals surface area contributed by atoms with E-state index < -0.39 is 0 Å². The summed E-state index contributed by atoms with van der Waals surface area (Å²) in [6.45, 7) is 5.50. The van der Waals surface area contributed by atoms with Gasteiger partial charge in [-0.25, -0.2) is 0 Å². The van der Waals surface area contributed by atoms with Crippen LogP contribution in [0.4, 0.5) is 5.69 Å². The van der Waals surface area contributed by atoms with E-state index in [1.165, 1.54) is 91.5 Å². The van der Waals surface area contributed by atoms with Gasteiger partial charge in [-0.1, -0.05) is 68.9 Å². The molecule has 0 aliphatic carbocycles. The van der Waals surface area contributed by atoms with Crippen molar-refractivity contribution in [1.29, 1.82) is 0 Å². The number of nitrogens with one attached hydrogen (secondary N) is 1. The zero-order valence-electron chi connectivity index (χ0n) is 18.6. The van der Waals surface area contributed by atoms with E-state index in [4.69, 9.17) is 0 Å². The molecular formula is C29H31NS. The van der Waals surface area contributed by atoms with E-state index in [1.807, 2.05) is 11.3 Å². The standard InChI is InChI=1S/C29H31NS/c1-3-4-5-6-7-8-13-30-25-12-11-22-17-27-26-16-21-10-9-20(2)14-23(21)18-28(26)31-29(27)19-24(22)15-25/h9-12,14-19,30H,3-8,13H2,1-2H3. The van der Waals surface area contributed by atoms with Crippen LogP contribution in [-0.2, 0) is 0 Å². The van der Waals surface area contributed by atoms with E-state index in [1.54, 1.807) is 0 Å². The van der Waals surface area contributed by atoms with Gasteiger partial charge in [0.15, 0.2) is 0 Å². The molecule has 0 saturated heterocycles. The molecule has 0 radical (unpaired) electrons. The molecule has 158 valence electrons. The van der Waals surface area contributed by atoms with Crippen LogP contribution in [0.25, 0.3) is 41.7 Å². The minimum absolute atomic E-state index is 1.06. The Labute approximate surface area is 189 Å². The van der Waals surface area contributed by atoms with Crippen molar-refractivity contribution in [3.05, 3.63) is 66.2 Å². The maximum atomic E-state index is 3.63. The predicted molar refractivity (Wildman–Crippen MR) is 141 cm³/mol. The third-order valence-corrected chi connectivity index (χ3v) is 7.52. The fraction of sp³-hybridized carbons (Fsp3) is 0.310. The van der Waals surface area contributed by atoms with Gasteiger partial charge in [0.05, 0.1) is 0 Å². The van der Waals surface area contributed by atoms with E-state index in [0.717, 1.165) is 6.54 Å². The second kappa shape index (κ2) is 8.88. The van der Waals surface area contributed by atoms with Gasteiger partial charge in [0.25, 0.3) is 0 Å². The summed E-state index contributed by atoms with van der Waals surface area (Å²) in [6, 6.07) is 23.0. The van der Waals surface area contributed by atoms with Crippen LogP contribution in [0.1, 0.15) is 51.0 Å². The second-order valence-electron chi connectivity index (χ2n) is 8.91. The van der Waals surface area contributed by atoms with Crippen LogP contribution < -0.4 is 5.32 Å². The minimum Gasteiger partial charge on any atom is -0.385 e. The predicted octanol–water partition coefficient (Wildman–Crippen LogP) is 9.44. The zero-order chi connectivity index (χ0) is 21.2. The van der Waals surface area contributed by atoms with Gasteiger partial charge in [0.1, 0.15) is 0 Å². The molecule has 1 aromatic heterocycles. The molecule has 1 N–H and O–H groups in total. The number of thiophene rings is 1. The smallest absolute Gasteiger partial charge is 0.0361 e. The monoisotopic (exact) mass is 425 g/mol. The van der Waals surface area contributed by atoms with Crippen LogP contribution in [0.2, 0.25) is 0 Å². The fourth-order valence-corrected chi connectivity index (χ4v) is 5.80. The molecule has 0 unspecified atom stereocenters.